The number of ether oxygens (including phenoxy) is 2. The zero-order chi connectivity index (χ0) is 8.60. The van der Waals surface area contributed by atoms with Crippen molar-refractivity contribution in [3.8, 4) is 0 Å². The standard InChI is InChI=1S/C10H18O2/c1-10(7-12-10)8-5-3-4-6-9(8)11-2/h8-9H,3-7H2,1-2H3/t8?,9?,10-/m0/s1. The van der Waals surface area contributed by atoms with E-state index >= 15 is 0 Å². The summed E-state index contributed by atoms with van der Waals surface area (Å²) in [5.74, 6) is 0.649. The second-order valence-corrected chi connectivity index (χ2v) is 4.27. The zero-order valence-corrected chi connectivity index (χ0v) is 8.01. The highest BCUT2D eigenvalue weighted by Gasteiger charge is 2.50. The molecule has 1 aliphatic heterocycles. The molecule has 2 unspecified atom stereocenters. The fourth-order valence-electron chi connectivity index (χ4n) is 2.41. The summed E-state index contributed by atoms with van der Waals surface area (Å²) in [4.78, 5) is 0. The van der Waals surface area contributed by atoms with Crippen LogP contribution in [-0.2, 0) is 9.47 Å². The maximum Gasteiger partial charge on any atom is 0.0941 e. The number of rotatable bonds is 2. The van der Waals surface area contributed by atoms with Gasteiger partial charge in [0, 0.05) is 13.0 Å². The second-order valence-electron chi connectivity index (χ2n) is 4.27. The first-order chi connectivity index (χ1) is 5.76. The van der Waals surface area contributed by atoms with Gasteiger partial charge in [-0.3, -0.25) is 0 Å². The lowest BCUT2D eigenvalue weighted by molar-refractivity contribution is -0.00768. The van der Waals surface area contributed by atoms with E-state index in [1.54, 1.807) is 0 Å². The van der Waals surface area contributed by atoms with Gasteiger partial charge in [0.05, 0.1) is 18.3 Å². The van der Waals surface area contributed by atoms with E-state index in [-0.39, 0.29) is 5.60 Å². The van der Waals surface area contributed by atoms with Gasteiger partial charge in [-0.2, -0.15) is 0 Å². The lowest BCUT2D eigenvalue weighted by Gasteiger charge is -2.33. The minimum absolute atomic E-state index is 0.168. The first-order valence-corrected chi connectivity index (χ1v) is 4.93. The SMILES string of the molecule is COC1CCCCC1[C@]1(C)CO1. The van der Waals surface area contributed by atoms with E-state index < -0.39 is 0 Å². The van der Waals surface area contributed by atoms with Crippen LogP contribution in [-0.4, -0.2) is 25.4 Å². The van der Waals surface area contributed by atoms with Crippen molar-refractivity contribution in [3.05, 3.63) is 0 Å². The molecule has 0 spiro atoms. The lowest BCUT2D eigenvalue weighted by Crippen LogP contribution is -2.36. The van der Waals surface area contributed by atoms with Gasteiger partial charge >= 0.3 is 0 Å². The zero-order valence-electron chi connectivity index (χ0n) is 8.01. The first-order valence-electron chi connectivity index (χ1n) is 4.93. The smallest absolute Gasteiger partial charge is 0.0941 e. The average Bonchev–Trinajstić information content (AvgIpc) is 2.85. The monoisotopic (exact) mass is 170 g/mol. The summed E-state index contributed by atoms with van der Waals surface area (Å²) in [7, 11) is 1.83. The second kappa shape index (κ2) is 3.00. The van der Waals surface area contributed by atoms with Crippen molar-refractivity contribution >= 4 is 0 Å². The molecule has 3 atom stereocenters. The van der Waals surface area contributed by atoms with Crippen LogP contribution in [0.4, 0.5) is 0 Å². The Labute approximate surface area is 74.2 Å². The molecule has 0 radical (unpaired) electrons. The molecule has 12 heavy (non-hydrogen) atoms. The van der Waals surface area contributed by atoms with Gasteiger partial charge < -0.3 is 9.47 Å². The Kier molecular flexibility index (Phi) is 2.13. The van der Waals surface area contributed by atoms with Gasteiger partial charge in [-0.1, -0.05) is 12.8 Å². The molecule has 1 saturated heterocycles. The van der Waals surface area contributed by atoms with Crippen LogP contribution in [0.15, 0.2) is 0 Å². The molecule has 2 fully saturated rings. The fraction of sp³-hybridized carbons (Fsp3) is 1.00. The molecule has 0 aromatic heterocycles. The highest BCUT2D eigenvalue weighted by atomic mass is 16.6. The first kappa shape index (κ1) is 8.52. The minimum Gasteiger partial charge on any atom is -0.381 e. The van der Waals surface area contributed by atoms with Gasteiger partial charge in [-0.15, -0.1) is 0 Å². The predicted molar refractivity (Wildman–Crippen MR) is 47.1 cm³/mol. The summed E-state index contributed by atoms with van der Waals surface area (Å²) in [5.41, 5.74) is 0.168. The van der Waals surface area contributed by atoms with Crippen LogP contribution in [0.25, 0.3) is 0 Å². The van der Waals surface area contributed by atoms with Crippen LogP contribution in [0, 0.1) is 5.92 Å². The number of methoxy groups -OCH3 is 1. The van der Waals surface area contributed by atoms with Crippen molar-refractivity contribution in [3.63, 3.8) is 0 Å². The maximum atomic E-state index is 5.49. The summed E-state index contributed by atoms with van der Waals surface area (Å²) in [5, 5.41) is 0. The Balaban J connectivity index is 2.00. The molecular weight excluding hydrogens is 152 g/mol. The highest BCUT2D eigenvalue weighted by molar-refractivity contribution is 4.98. The van der Waals surface area contributed by atoms with E-state index in [4.69, 9.17) is 9.47 Å². The fourth-order valence-corrected chi connectivity index (χ4v) is 2.41. The highest BCUT2D eigenvalue weighted by Crippen LogP contribution is 2.43. The molecule has 1 saturated carbocycles. The molecule has 2 nitrogen and oxygen atoms in total. The Bertz CT molecular complexity index is 163. The lowest BCUT2D eigenvalue weighted by atomic mass is 9.78. The van der Waals surface area contributed by atoms with E-state index in [9.17, 15) is 0 Å². The summed E-state index contributed by atoms with van der Waals surface area (Å²) in [6.07, 6.45) is 5.63. The van der Waals surface area contributed by atoms with Crippen LogP contribution in [0.5, 0.6) is 0 Å². The minimum atomic E-state index is 0.168. The summed E-state index contributed by atoms with van der Waals surface area (Å²) in [6.45, 7) is 3.16. The quantitative estimate of drug-likeness (QED) is 0.591. The van der Waals surface area contributed by atoms with Crippen LogP contribution >= 0.6 is 0 Å². The van der Waals surface area contributed by atoms with Gasteiger partial charge in [0.2, 0.25) is 0 Å². The van der Waals surface area contributed by atoms with E-state index in [0.717, 1.165) is 6.61 Å². The summed E-state index contributed by atoms with van der Waals surface area (Å²) in [6, 6.07) is 0. The van der Waals surface area contributed by atoms with E-state index in [1.165, 1.54) is 25.7 Å². The third kappa shape index (κ3) is 1.38. The molecule has 0 aromatic rings. The summed E-state index contributed by atoms with van der Waals surface area (Å²) >= 11 is 0. The molecule has 2 rings (SSSR count). The molecule has 0 bridgehead atoms. The largest absolute Gasteiger partial charge is 0.381 e. The van der Waals surface area contributed by atoms with Crippen LogP contribution in [0.1, 0.15) is 32.6 Å². The number of epoxide rings is 1. The van der Waals surface area contributed by atoms with Gasteiger partial charge in [-0.05, 0) is 19.8 Å². The average molecular weight is 170 g/mol. The van der Waals surface area contributed by atoms with Crippen molar-refractivity contribution in [1.82, 2.24) is 0 Å². The Morgan fingerprint density at radius 2 is 2.00 bits per heavy atom. The van der Waals surface area contributed by atoms with Crippen molar-refractivity contribution < 1.29 is 9.47 Å². The third-order valence-corrected chi connectivity index (χ3v) is 3.39. The summed E-state index contributed by atoms with van der Waals surface area (Å²) < 4.78 is 11.0. The van der Waals surface area contributed by atoms with Crippen LogP contribution in [0.2, 0.25) is 0 Å². The van der Waals surface area contributed by atoms with Gasteiger partial charge in [0.25, 0.3) is 0 Å². The normalized spacial score (nSPS) is 47.5. The van der Waals surface area contributed by atoms with Gasteiger partial charge in [0.1, 0.15) is 0 Å². The van der Waals surface area contributed by atoms with Crippen molar-refractivity contribution in [2.45, 2.75) is 44.3 Å². The molecule has 0 aromatic carbocycles. The Morgan fingerprint density at radius 3 is 2.58 bits per heavy atom. The molecule has 2 heteroatoms. The molecule has 2 aliphatic rings. The van der Waals surface area contributed by atoms with Crippen molar-refractivity contribution in [1.29, 1.82) is 0 Å². The number of hydrogen-bond acceptors (Lipinski definition) is 2. The van der Waals surface area contributed by atoms with E-state index in [2.05, 4.69) is 6.92 Å². The molecule has 1 heterocycles. The predicted octanol–water partition coefficient (Wildman–Crippen LogP) is 1.98. The topological polar surface area (TPSA) is 21.8 Å². The Morgan fingerprint density at radius 1 is 1.33 bits per heavy atom. The van der Waals surface area contributed by atoms with Crippen LogP contribution < -0.4 is 0 Å². The third-order valence-electron chi connectivity index (χ3n) is 3.39. The number of hydrogen-bond donors (Lipinski definition) is 0. The van der Waals surface area contributed by atoms with E-state index in [0.29, 0.717) is 12.0 Å². The van der Waals surface area contributed by atoms with Crippen molar-refractivity contribution in [2.24, 2.45) is 5.92 Å². The molecule has 0 N–H and O–H groups in total. The van der Waals surface area contributed by atoms with Crippen LogP contribution in [0.3, 0.4) is 0 Å². The molecule has 0 amide bonds. The van der Waals surface area contributed by atoms with Crippen molar-refractivity contribution in [2.75, 3.05) is 13.7 Å². The molecule has 1 aliphatic carbocycles. The van der Waals surface area contributed by atoms with Gasteiger partial charge in [-0.25, -0.2) is 0 Å². The molecule has 70 valence electrons. The molecular formula is C10H18O2. The Hall–Kier alpha value is -0.0800. The van der Waals surface area contributed by atoms with Gasteiger partial charge in [0.15, 0.2) is 0 Å². The maximum absolute atomic E-state index is 5.49. The van der Waals surface area contributed by atoms with E-state index in [1.807, 2.05) is 7.11 Å².